The van der Waals surface area contributed by atoms with Crippen LogP contribution in [0.25, 0.3) is 0 Å². The molecule has 0 spiro atoms. The van der Waals surface area contributed by atoms with Crippen molar-refractivity contribution in [2.24, 2.45) is 5.73 Å². The fourth-order valence-electron chi connectivity index (χ4n) is 1.85. The molecule has 124 valence electrons. The number of esters is 1. The maximum atomic E-state index is 11.5. The zero-order valence-electron chi connectivity index (χ0n) is 12.5. The molecule has 0 amide bonds. The van der Waals surface area contributed by atoms with Gasteiger partial charge in [-0.15, -0.1) is 12.4 Å². The summed E-state index contributed by atoms with van der Waals surface area (Å²) in [5.41, 5.74) is 5.83. The van der Waals surface area contributed by atoms with Gasteiger partial charge in [0, 0.05) is 6.04 Å². The van der Waals surface area contributed by atoms with E-state index in [0.29, 0.717) is 5.75 Å². The largest absolute Gasteiger partial charge is 0.493 e. The predicted molar refractivity (Wildman–Crippen MR) is 81.6 cm³/mol. The van der Waals surface area contributed by atoms with Crippen LogP contribution in [-0.4, -0.2) is 31.7 Å². The molecule has 0 heterocycles. The smallest absolute Gasteiger partial charge is 0.307 e. The third kappa shape index (κ3) is 4.74. The second-order valence-corrected chi connectivity index (χ2v) is 4.14. The zero-order valence-corrected chi connectivity index (χ0v) is 13.3. The minimum Gasteiger partial charge on any atom is -0.493 e. The summed E-state index contributed by atoms with van der Waals surface area (Å²) in [7, 11) is 2.78. The summed E-state index contributed by atoms with van der Waals surface area (Å²) < 4.78 is 14.9. The van der Waals surface area contributed by atoms with Crippen molar-refractivity contribution in [3.8, 4) is 11.5 Å². The number of nitrogens with two attached hydrogens (primary N) is 1. The Kier molecular flexibility index (Phi) is 8.21. The molecular formula is C13H19ClN2O6. The number of nitro benzene ring substituents is 1. The first kappa shape index (κ1) is 19.9. The van der Waals surface area contributed by atoms with Gasteiger partial charge in [-0.05, 0) is 13.0 Å². The van der Waals surface area contributed by atoms with Crippen LogP contribution in [0.4, 0.5) is 5.69 Å². The van der Waals surface area contributed by atoms with E-state index in [9.17, 15) is 14.9 Å². The quantitative estimate of drug-likeness (QED) is 0.460. The van der Waals surface area contributed by atoms with E-state index < -0.39 is 16.9 Å². The van der Waals surface area contributed by atoms with E-state index in [4.69, 9.17) is 19.9 Å². The van der Waals surface area contributed by atoms with E-state index in [1.54, 1.807) is 6.92 Å². The van der Waals surface area contributed by atoms with E-state index in [1.807, 2.05) is 0 Å². The molecule has 8 nitrogen and oxygen atoms in total. The zero-order chi connectivity index (χ0) is 16.0. The molecule has 0 aromatic heterocycles. The number of halogens is 1. The van der Waals surface area contributed by atoms with Crippen LogP contribution in [0.5, 0.6) is 11.5 Å². The monoisotopic (exact) mass is 334 g/mol. The number of nitrogens with zero attached hydrogens (tertiary/aromatic N) is 1. The molecule has 0 saturated heterocycles. The van der Waals surface area contributed by atoms with Crippen LogP contribution in [0.1, 0.15) is 24.9 Å². The number of hydrogen-bond acceptors (Lipinski definition) is 7. The van der Waals surface area contributed by atoms with E-state index in [1.165, 1.54) is 26.4 Å². The average molecular weight is 335 g/mol. The van der Waals surface area contributed by atoms with Gasteiger partial charge in [0.1, 0.15) is 0 Å². The van der Waals surface area contributed by atoms with Crippen LogP contribution in [-0.2, 0) is 9.53 Å². The van der Waals surface area contributed by atoms with Crippen LogP contribution in [0.3, 0.4) is 0 Å². The molecule has 0 fully saturated rings. The Morgan fingerprint density at radius 3 is 2.32 bits per heavy atom. The van der Waals surface area contributed by atoms with Crippen molar-refractivity contribution in [3.63, 3.8) is 0 Å². The van der Waals surface area contributed by atoms with Crippen molar-refractivity contribution in [2.45, 2.75) is 19.4 Å². The van der Waals surface area contributed by atoms with Crippen molar-refractivity contribution in [1.82, 2.24) is 0 Å². The SMILES string of the molecule is CCOC(=O)C[C@H](N)c1cc(OC)c(OC)cc1[N+](=O)[O-].Cl. The standard InChI is InChI=1S/C13H18N2O6.ClH/c1-4-21-13(16)6-9(14)8-5-11(19-2)12(20-3)7-10(8)15(17)18;/h5,7,9H,4,6,14H2,1-3H3;1H/t9-;/m0./s1. The number of carbonyl (C=O) groups excluding carboxylic acids is 1. The number of hydrogen-bond donors (Lipinski definition) is 1. The van der Waals surface area contributed by atoms with Crippen LogP contribution < -0.4 is 15.2 Å². The molecule has 0 aliphatic heterocycles. The number of ether oxygens (including phenoxy) is 3. The Bertz CT molecular complexity index is 538. The van der Waals surface area contributed by atoms with Crippen LogP contribution in [0, 0.1) is 10.1 Å². The van der Waals surface area contributed by atoms with Gasteiger partial charge in [-0.2, -0.15) is 0 Å². The lowest BCUT2D eigenvalue weighted by Gasteiger charge is -2.15. The Labute approximate surface area is 134 Å². The Morgan fingerprint density at radius 1 is 1.32 bits per heavy atom. The van der Waals surface area contributed by atoms with Crippen molar-refractivity contribution in [3.05, 3.63) is 27.8 Å². The van der Waals surface area contributed by atoms with Gasteiger partial charge in [0.05, 0.1) is 43.8 Å². The molecule has 0 saturated carbocycles. The van der Waals surface area contributed by atoms with Gasteiger partial charge < -0.3 is 19.9 Å². The first-order chi connectivity index (χ1) is 9.94. The summed E-state index contributed by atoms with van der Waals surface area (Å²) >= 11 is 0. The first-order valence-corrected chi connectivity index (χ1v) is 6.26. The fraction of sp³-hybridized carbons (Fsp3) is 0.462. The lowest BCUT2D eigenvalue weighted by molar-refractivity contribution is -0.385. The second-order valence-electron chi connectivity index (χ2n) is 4.14. The van der Waals surface area contributed by atoms with E-state index in [-0.39, 0.29) is 42.4 Å². The summed E-state index contributed by atoms with van der Waals surface area (Å²) in [5.74, 6) is 0.00257. The molecule has 0 radical (unpaired) electrons. The predicted octanol–water partition coefficient (Wildman–Crippen LogP) is 1.99. The van der Waals surface area contributed by atoms with E-state index in [2.05, 4.69) is 0 Å². The van der Waals surface area contributed by atoms with Gasteiger partial charge in [-0.1, -0.05) is 0 Å². The lowest BCUT2D eigenvalue weighted by Crippen LogP contribution is -2.18. The molecule has 22 heavy (non-hydrogen) atoms. The van der Waals surface area contributed by atoms with Crippen LogP contribution >= 0.6 is 12.4 Å². The van der Waals surface area contributed by atoms with Gasteiger partial charge in [-0.25, -0.2) is 0 Å². The van der Waals surface area contributed by atoms with E-state index in [0.717, 1.165) is 0 Å². The third-order valence-corrected chi connectivity index (χ3v) is 2.82. The van der Waals surface area contributed by atoms with Crippen LogP contribution in [0.15, 0.2) is 12.1 Å². The van der Waals surface area contributed by atoms with Gasteiger partial charge in [-0.3, -0.25) is 14.9 Å². The number of benzene rings is 1. The van der Waals surface area contributed by atoms with Gasteiger partial charge in [0.2, 0.25) is 0 Å². The summed E-state index contributed by atoms with van der Waals surface area (Å²) in [6.45, 7) is 1.89. The highest BCUT2D eigenvalue weighted by atomic mass is 35.5. The Hall–Kier alpha value is -2.06. The molecule has 1 aromatic rings. The Balaban J connectivity index is 0.00000441. The van der Waals surface area contributed by atoms with Crippen molar-refractivity contribution < 1.29 is 23.9 Å². The number of methoxy groups -OCH3 is 2. The highest BCUT2D eigenvalue weighted by molar-refractivity contribution is 5.85. The molecule has 1 atom stereocenters. The second kappa shape index (κ2) is 9.06. The van der Waals surface area contributed by atoms with E-state index >= 15 is 0 Å². The normalized spacial score (nSPS) is 11.1. The maximum Gasteiger partial charge on any atom is 0.307 e. The molecule has 0 aliphatic carbocycles. The lowest BCUT2D eigenvalue weighted by atomic mass is 10.0. The molecule has 1 aromatic carbocycles. The van der Waals surface area contributed by atoms with Gasteiger partial charge in [0.15, 0.2) is 11.5 Å². The van der Waals surface area contributed by atoms with Gasteiger partial charge in [0.25, 0.3) is 5.69 Å². The molecule has 9 heteroatoms. The van der Waals surface area contributed by atoms with Crippen molar-refractivity contribution in [1.29, 1.82) is 0 Å². The molecule has 0 bridgehead atoms. The summed E-state index contributed by atoms with van der Waals surface area (Å²) in [6, 6.07) is 1.75. The molecule has 0 unspecified atom stereocenters. The first-order valence-electron chi connectivity index (χ1n) is 6.26. The van der Waals surface area contributed by atoms with Gasteiger partial charge >= 0.3 is 5.97 Å². The number of carbonyl (C=O) groups is 1. The highest BCUT2D eigenvalue weighted by Gasteiger charge is 2.25. The van der Waals surface area contributed by atoms with Crippen LogP contribution in [0.2, 0.25) is 0 Å². The molecular weight excluding hydrogens is 316 g/mol. The van der Waals surface area contributed by atoms with Crippen molar-refractivity contribution in [2.75, 3.05) is 20.8 Å². The third-order valence-electron chi connectivity index (χ3n) is 2.82. The minimum atomic E-state index is -0.871. The number of rotatable bonds is 7. The topological polar surface area (TPSA) is 114 Å². The minimum absolute atomic E-state index is 0. The summed E-state index contributed by atoms with van der Waals surface area (Å²) in [6.07, 6.45) is -0.163. The Morgan fingerprint density at radius 2 is 1.86 bits per heavy atom. The highest BCUT2D eigenvalue weighted by Crippen LogP contribution is 2.37. The molecule has 1 rings (SSSR count). The fourth-order valence-corrected chi connectivity index (χ4v) is 1.85. The molecule has 2 N–H and O–H groups in total. The molecule has 0 aliphatic rings. The van der Waals surface area contributed by atoms with Crippen molar-refractivity contribution >= 4 is 24.1 Å². The summed E-state index contributed by atoms with van der Waals surface area (Å²) in [4.78, 5) is 22.0. The maximum absolute atomic E-state index is 11.5. The average Bonchev–Trinajstić information content (AvgIpc) is 2.45. The number of nitro groups is 1. The summed E-state index contributed by atoms with van der Waals surface area (Å²) in [5, 5.41) is 11.1.